The number of hydrogen-bond acceptors (Lipinski definition) is 4. The highest BCUT2D eigenvalue weighted by atomic mass is 16.6. The normalized spacial score (nSPS) is 10.7. The molecule has 2 rings (SSSR count). The van der Waals surface area contributed by atoms with Gasteiger partial charge in [0, 0.05) is 0 Å². The van der Waals surface area contributed by atoms with Gasteiger partial charge in [-0.15, -0.1) is 0 Å². The van der Waals surface area contributed by atoms with Crippen LogP contribution in [0.15, 0.2) is 47.6 Å². The van der Waals surface area contributed by atoms with Gasteiger partial charge in [0.15, 0.2) is 0 Å². The van der Waals surface area contributed by atoms with Crippen LogP contribution in [-0.4, -0.2) is 19.4 Å². The Labute approximate surface area is 131 Å². The lowest BCUT2D eigenvalue weighted by Crippen LogP contribution is -1.98. The van der Waals surface area contributed by atoms with Gasteiger partial charge in [0.25, 0.3) is 0 Å². The van der Waals surface area contributed by atoms with E-state index in [0.717, 1.165) is 22.8 Å². The summed E-state index contributed by atoms with van der Waals surface area (Å²) in [6.07, 6.45) is 1.59. The number of benzene rings is 2. The van der Waals surface area contributed by atoms with Crippen molar-refractivity contribution in [3.05, 3.63) is 53.6 Å². The average molecular weight is 299 g/mol. The number of rotatable bonds is 7. The molecule has 0 aromatic heterocycles. The van der Waals surface area contributed by atoms with E-state index < -0.39 is 0 Å². The molecule has 2 aromatic carbocycles. The van der Waals surface area contributed by atoms with Gasteiger partial charge in [0.1, 0.15) is 30.5 Å². The summed E-state index contributed by atoms with van der Waals surface area (Å²) in [4.78, 5) is 4.85. The molecule has 0 N–H and O–H groups in total. The quantitative estimate of drug-likeness (QED) is 0.558. The second-order valence-electron chi connectivity index (χ2n) is 4.79. The molecule has 22 heavy (non-hydrogen) atoms. The smallest absolute Gasteiger partial charge is 0.130 e. The van der Waals surface area contributed by atoms with E-state index in [9.17, 15) is 0 Å². The molecular formula is C18H21NO3. The van der Waals surface area contributed by atoms with E-state index in [1.54, 1.807) is 6.21 Å². The van der Waals surface area contributed by atoms with Gasteiger partial charge in [-0.1, -0.05) is 17.3 Å². The summed E-state index contributed by atoms with van der Waals surface area (Å²) in [6.45, 7) is 6.94. The third kappa shape index (κ3) is 4.52. The molecule has 4 nitrogen and oxygen atoms in total. The van der Waals surface area contributed by atoms with Crippen LogP contribution in [0, 0.1) is 13.8 Å². The first-order valence-corrected chi connectivity index (χ1v) is 7.31. The largest absolute Gasteiger partial charge is 0.488 e. The molecule has 4 heteroatoms. The van der Waals surface area contributed by atoms with E-state index in [-0.39, 0.29) is 0 Å². The van der Waals surface area contributed by atoms with E-state index >= 15 is 0 Å². The standard InChI is InChI=1S/C18H21NO3/c1-4-21-19-12-13-20-16-8-10-17(11-9-16)22-18-7-5-6-14(2)15(18)3/h5-12H,4,13H2,1-3H3/b19-12+. The van der Waals surface area contributed by atoms with Crippen molar-refractivity contribution in [3.8, 4) is 17.2 Å². The number of ether oxygens (including phenoxy) is 2. The molecule has 0 unspecified atom stereocenters. The first-order valence-electron chi connectivity index (χ1n) is 7.31. The Hall–Kier alpha value is -2.49. The van der Waals surface area contributed by atoms with Crippen molar-refractivity contribution in [1.29, 1.82) is 0 Å². The molecule has 116 valence electrons. The molecule has 0 amide bonds. The minimum absolute atomic E-state index is 0.372. The molecule has 0 aliphatic heterocycles. The monoisotopic (exact) mass is 299 g/mol. The van der Waals surface area contributed by atoms with Gasteiger partial charge in [-0.3, -0.25) is 0 Å². The zero-order valence-corrected chi connectivity index (χ0v) is 13.2. The van der Waals surface area contributed by atoms with E-state index in [2.05, 4.69) is 25.1 Å². The van der Waals surface area contributed by atoms with Crippen LogP contribution < -0.4 is 9.47 Å². The summed E-state index contributed by atoms with van der Waals surface area (Å²) < 4.78 is 11.4. The highest BCUT2D eigenvalue weighted by Gasteiger charge is 2.03. The Morgan fingerprint density at radius 2 is 1.73 bits per heavy atom. The maximum absolute atomic E-state index is 5.90. The molecule has 0 saturated carbocycles. The zero-order valence-electron chi connectivity index (χ0n) is 13.2. The van der Waals surface area contributed by atoms with Crippen molar-refractivity contribution in [2.24, 2.45) is 5.16 Å². The molecule has 0 atom stereocenters. The van der Waals surface area contributed by atoms with Gasteiger partial charge in [-0.2, -0.15) is 0 Å². The Bertz CT molecular complexity index is 621. The van der Waals surface area contributed by atoms with E-state index in [4.69, 9.17) is 14.3 Å². The molecule has 0 bridgehead atoms. The van der Waals surface area contributed by atoms with Gasteiger partial charge >= 0.3 is 0 Å². The number of nitrogens with zero attached hydrogens (tertiary/aromatic N) is 1. The van der Waals surface area contributed by atoms with Crippen LogP contribution >= 0.6 is 0 Å². The Balaban J connectivity index is 1.93. The summed E-state index contributed by atoms with van der Waals surface area (Å²) in [7, 11) is 0. The van der Waals surface area contributed by atoms with Crippen LogP contribution in [0.1, 0.15) is 18.1 Å². The molecule has 0 aliphatic rings. The second kappa shape index (κ2) is 8.08. The van der Waals surface area contributed by atoms with Crippen molar-refractivity contribution in [2.75, 3.05) is 13.2 Å². The number of aryl methyl sites for hydroxylation is 1. The third-order valence-corrected chi connectivity index (χ3v) is 3.21. The number of hydrogen-bond donors (Lipinski definition) is 0. The molecule has 0 saturated heterocycles. The lowest BCUT2D eigenvalue weighted by atomic mass is 10.1. The summed E-state index contributed by atoms with van der Waals surface area (Å²) >= 11 is 0. The zero-order chi connectivity index (χ0) is 15.8. The van der Waals surface area contributed by atoms with Crippen LogP contribution in [0.3, 0.4) is 0 Å². The van der Waals surface area contributed by atoms with Crippen molar-refractivity contribution >= 4 is 6.21 Å². The molecular weight excluding hydrogens is 278 g/mol. The van der Waals surface area contributed by atoms with E-state index in [0.29, 0.717) is 13.2 Å². The highest BCUT2D eigenvalue weighted by molar-refractivity contribution is 5.58. The average Bonchev–Trinajstić information content (AvgIpc) is 2.53. The maximum Gasteiger partial charge on any atom is 0.130 e. The van der Waals surface area contributed by atoms with Crippen LogP contribution in [0.5, 0.6) is 17.2 Å². The Morgan fingerprint density at radius 1 is 1.00 bits per heavy atom. The number of oxime groups is 1. The van der Waals surface area contributed by atoms with Crippen molar-refractivity contribution < 1.29 is 14.3 Å². The maximum atomic E-state index is 5.90. The van der Waals surface area contributed by atoms with Crippen LogP contribution in [0.25, 0.3) is 0 Å². The molecule has 2 aromatic rings. The topological polar surface area (TPSA) is 40.0 Å². The third-order valence-electron chi connectivity index (χ3n) is 3.21. The van der Waals surface area contributed by atoms with Gasteiger partial charge in [-0.25, -0.2) is 0 Å². The molecule has 0 fully saturated rings. The first-order chi connectivity index (χ1) is 10.7. The summed E-state index contributed by atoms with van der Waals surface area (Å²) in [5.74, 6) is 2.41. The molecule has 0 aliphatic carbocycles. The first kappa shape index (κ1) is 15.9. The van der Waals surface area contributed by atoms with Crippen LogP contribution in [-0.2, 0) is 4.84 Å². The van der Waals surface area contributed by atoms with E-state index in [1.165, 1.54) is 5.56 Å². The molecule has 0 spiro atoms. The lowest BCUT2D eigenvalue weighted by molar-refractivity contribution is 0.158. The van der Waals surface area contributed by atoms with Gasteiger partial charge in [0.05, 0.1) is 6.21 Å². The summed E-state index contributed by atoms with van der Waals surface area (Å²) in [5, 5.41) is 3.72. The fraction of sp³-hybridized carbons (Fsp3) is 0.278. The Morgan fingerprint density at radius 3 is 2.45 bits per heavy atom. The SMILES string of the molecule is CCO/N=C/COc1ccc(Oc2cccc(C)c2C)cc1. The fourth-order valence-corrected chi connectivity index (χ4v) is 1.86. The van der Waals surface area contributed by atoms with Crippen LogP contribution in [0.2, 0.25) is 0 Å². The molecule has 0 radical (unpaired) electrons. The lowest BCUT2D eigenvalue weighted by Gasteiger charge is -2.11. The van der Waals surface area contributed by atoms with Crippen LogP contribution in [0.4, 0.5) is 0 Å². The van der Waals surface area contributed by atoms with Gasteiger partial charge < -0.3 is 14.3 Å². The molecule has 0 heterocycles. The predicted octanol–water partition coefficient (Wildman–Crippen LogP) is 4.50. The van der Waals surface area contributed by atoms with E-state index in [1.807, 2.05) is 43.3 Å². The fourth-order valence-electron chi connectivity index (χ4n) is 1.86. The van der Waals surface area contributed by atoms with Crippen molar-refractivity contribution in [1.82, 2.24) is 0 Å². The highest BCUT2D eigenvalue weighted by Crippen LogP contribution is 2.27. The second-order valence-corrected chi connectivity index (χ2v) is 4.79. The minimum Gasteiger partial charge on any atom is -0.488 e. The van der Waals surface area contributed by atoms with Gasteiger partial charge in [0.2, 0.25) is 0 Å². The van der Waals surface area contributed by atoms with Crippen molar-refractivity contribution in [2.45, 2.75) is 20.8 Å². The summed E-state index contributed by atoms with van der Waals surface area (Å²) in [5.41, 5.74) is 2.36. The predicted molar refractivity (Wildman–Crippen MR) is 88.0 cm³/mol. The Kier molecular flexibility index (Phi) is 5.83. The summed E-state index contributed by atoms with van der Waals surface area (Å²) in [6, 6.07) is 13.5. The van der Waals surface area contributed by atoms with Crippen molar-refractivity contribution in [3.63, 3.8) is 0 Å². The minimum atomic E-state index is 0.372. The van der Waals surface area contributed by atoms with Gasteiger partial charge in [-0.05, 0) is 62.2 Å².